The lowest BCUT2D eigenvalue weighted by Gasteiger charge is -2.21. The summed E-state index contributed by atoms with van der Waals surface area (Å²) in [6.07, 6.45) is 1.15. The summed E-state index contributed by atoms with van der Waals surface area (Å²) >= 11 is 0. The number of hydrogen-bond donors (Lipinski definition) is 1. The van der Waals surface area contributed by atoms with Crippen molar-refractivity contribution in [3.05, 3.63) is 34.9 Å². The van der Waals surface area contributed by atoms with E-state index >= 15 is 0 Å². The molecule has 1 N–H and O–H groups in total. The molecule has 0 saturated heterocycles. The summed E-state index contributed by atoms with van der Waals surface area (Å²) in [5.41, 5.74) is 2.94. The van der Waals surface area contributed by atoms with Crippen LogP contribution in [0.3, 0.4) is 0 Å². The second-order valence-electron chi connectivity index (χ2n) is 6.08. The van der Waals surface area contributed by atoms with E-state index in [-0.39, 0.29) is 17.8 Å². The Balaban J connectivity index is 2.95. The molecule has 0 spiro atoms. The maximum Gasteiger partial charge on any atom is 0.162 e. The summed E-state index contributed by atoms with van der Waals surface area (Å²) in [4.78, 5) is 11.9. The topological polar surface area (TPSA) is 46.5 Å². The van der Waals surface area contributed by atoms with Crippen LogP contribution in [-0.4, -0.2) is 24.1 Å². The predicted octanol–water partition coefficient (Wildman–Crippen LogP) is 3.48. The minimum absolute atomic E-state index is 0.00385. The fourth-order valence-electron chi connectivity index (χ4n) is 1.93. The molecule has 1 aromatic rings. The monoisotopic (exact) mass is 278 g/mol. The molecule has 0 saturated carbocycles. The maximum absolute atomic E-state index is 11.9. The average Bonchev–Trinajstić information content (AvgIpc) is 2.41. The van der Waals surface area contributed by atoms with Gasteiger partial charge in [0.05, 0.1) is 6.61 Å². The zero-order valence-corrected chi connectivity index (χ0v) is 13.0. The number of ketones is 1. The predicted molar refractivity (Wildman–Crippen MR) is 81.1 cm³/mol. The molecule has 20 heavy (non-hydrogen) atoms. The minimum Gasteiger partial charge on any atom is -0.396 e. The Labute approximate surface area is 122 Å². The van der Waals surface area contributed by atoms with E-state index in [0.717, 1.165) is 16.7 Å². The lowest BCUT2D eigenvalue weighted by molar-refractivity contribution is 0.0985. The van der Waals surface area contributed by atoms with Crippen molar-refractivity contribution in [1.29, 1.82) is 0 Å². The zero-order valence-electron chi connectivity index (χ0n) is 13.0. The summed E-state index contributed by atoms with van der Waals surface area (Å²) in [5, 5.41) is 8.74. The van der Waals surface area contributed by atoms with Gasteiger partial charge in [0, 0.05) is 25.2 Å². The van der Waals surface area contributed by atoms with Gasteiger partial charge in [0.25, 0.3) is 0 Å². The second kappa shape index (κ2) is 7.55. The number of aliphatic hydroxyl groups excluding tert-OH is 1. The summed E-state index contributed by atoms with van der Waals surface area (Å²) in [7, 11) is 0. The van der Waals surface area contributed by atoms with Crippen LogP contribution in [0.2, 0.25) is 0 Å². The molecule has 0 amide bonds. The fourth-order valence-corrected chi connectivity index (χ4v) is 1.93. The molecule has 3 nitrogen and oxygen atoms in total. The molecule has 112 valence electrons. The molecule has 0 unspecified atom stereocenters. The van der Waals surface area contributed by atoms with E-state index in [0.29, 0.717) is 26.1 Å². The molecule has 0 radical (unpaired) electrons. The second-order valence-corrected chi connectivity index (χ2v) is 6.08. The summed E-state index contributed by atoms with van der Waals surface area (Å²) in [5.74, 6) is 0.160. The van der Waals surface area contributed by atoms with Crippen molar-refractivity contribution >= 4 is 5.78 Å². The van der Waals surface area contributed by atoms with Gasteiger partial charge >= 0.3 is 0 Å². The Morgan fingerprint density at radius 3 is 2.50 bits per heavy atom. The summed E-state index contributed by atoms with van der Waals surface area (Å²) < 4.78 is 5.52. The van der Waals surface area contributed by atoms with Gasteiger partial charge in [0.15, 0.2) is 5.78 Å². The highest BCUT2D eigenvalue weighted by molar-refractivity contribution is 5.96. The molecule has 0 heterocycles. The number of aliphatic hydroxyl groups is 1. The SMILES string of the molecule is CCC(=O)c1cc(COCCCO)cc(C(C)(C)C)c1. The average molecular weight is 278 g/mol. The van der Waals surface area contributed by atoms with Gasteiger partial charge in [-0.05, 0) is 35.1 Å². The van der Waals surface area contributed by atoms with Gasteiger partial charge in [0.1, 0.15) is 0 Å². The Kier molecular flexibility index (Phi) is 6.37. The third-order valence-electron chi connectivity index (χ3n) is 3.22. The highest BCUT2D eigenvalue weighted by Crippen LogP contribution is 2.25. The lowest BCUT2D eigenvalue weighted by atomic mass is 9.84. The van der Waals surface area contributed by atoms with Gasteiger partial charge in [0.2, 0.25) is 0 Å². The summed E-state index contributed by atoms with van der Waals surface area (Å²) in [6, 6.07) is 6.01. The van der Waals surface area contributed by atoms with E-state index < -0.39 is 0 Å². The molecule has 0 aromatic heterocycles. The molecule has 3 heteroatoms. The normalized spacial score (nSPS) is 11.7. The van der Waals surface area contributed by atoms with Crippen molar-refractivity contribution in [3.8, 4) is 0 Å². The van der Waals surface area contributed by atoms with Gasteiger partial charge in [-0.3, -0.25) is 4.79 Å². The van der Waals surface area contributed by atoms with Gasteiger partial charge in [-0.2, -0.15) is 0 Å². The van der Waals surface area contributed by atoms with E-state index in [1.165, 1.54) is 0 Å². The molecule has 0 aliphatic heterocycles. The van der Waals surface area contributed by atoms with Crippen molar-refractivity contribution in [2.24, 2.45) is 0 Å². The Morgan fingerprint density at radius 1 is 1.25 bits per heavy atom. The molecule has 0 atom stereocenters. The smallest absolute Gasteiger partial charge is 0.162 e. The highest BCUT2D eigenvalue weighted by Gasteiger charge is 2.17. The molecular weight excluding hydrogens is 252 g/mol. The quantitative estimate of drug-likeness (QED) is 0.613. The first-order valence-electron chi connectivity index (χ1n) is 7.24. The van der Waals surface area contributed by atoms with Crippen LogP contribution in [-0.2, 0) is 16.8 Å². The lowest BCUT2D eigenvalue weighted by Crippen LogP contribution is -2.13. The van der Waals surface area contributed by atoms with Gasteiger partial charge < -0.3 is 9.84 Å². The van der Waals surface area contributed by atoms with E-state index in [1.807, 2.05) is 19.1 Å². The number of carbonyl (C=O) groups is 1. The van der Waals surface area contributed by atoms with E-state index in [9.17, 15) is 4.79 Å². The van der Waals surface area contributed by atoms with Crippen LogP contribution in [0.5, 0.6) is 0 Å². The number of Topliss-reactive ketones (excluding diaryl/α,β-unsaturated/α-hetero) is 1. The number of benzene rings is 1. The largest absolute Gasteiger partial charge is 0.396 e. The van der Waals surface area contributed by atoms with Crippen LogP contribution in [0, 0.1) is 0 Å². The van der Waals surface area contributed by atoms with Crippen molar-refractivity contribution in [2.75, 3.05) is 13.2 Å². The zero-order chi connectivity index (χ0) is 15.2. The van der Waals surface area contributed by atoms with Crippen LogP contribution in [0.25, 0.3) is 0 Å². The van der Waals surface area contributed by atoms with Gasteiger partial charge in [-0.15, -0.1) is 0 Å². The van der Waals surface area contributed by atoms with Gasteiger partial charge in [-0.1, -0.05) is 33.8 Å². The van der Waals surface area contributed by atoms with Crippen LogP contribution >= 0.6 is 0 Å². The maximum atomic E-state index is 11.9. The molecule has 0 aliphatic rings. The van der Waals surface area contributed by atoms with Crippen molar-refractivity contribution in [2.45, 2.75) is 52.6 Å². The van der Waals surface area contributed by atoms with Crippen molar-refractivity contribution < 1.29 is 14.6 Å². The Morgan fingerprint density at radius 2 is 1.95 bits per heavy atom. The number of carbonyl (C=O) groups excluding carboxylic acids is 1. The third-order valence-corrected chi connectivity index (χ3v) is 3.22. The molecule has 0 aliphatic carbocycles. The van der Waals surface area contributed by atoms with Crippen LogP contribution in [0.1, 0.15) is 62.0 Å². The first-order chi connectivity index (χ1) is 9.38. The number of ether oxygens (including phenoxy) is 1. The minimum atomic E-state index is 0.00385. The van der Waals surface area contributed by atoms with E-state index in [1.54, 1.807) is 0 Å². The van der Waals surface area contributed by atoms with Crippen molar-refractivity contribution in [3.63, 3.8) is 0 Å². The molecule has 1 rings (SSSR count). The first kappa shape index (κ1) is 16.9. The fraction of sp³-hybridized carbons (Fsp3) is 0.588. The summed E-state index contributed by atoms with van der Waals surface area (Å²) in [6.45, 7) is 9.45. The van der Waals surface area contributed by atoms with Crippen LogP contribution in [0.15, 0.2) is 18.2 Å². The highest BCUT2D eigenvalue weighted by atomic mass is 16.5. The molecule has 0 fully saturated rings. The third kappa shape index (κ3) is 5.06. The van der Waals surface area contributed by atoms with Gasteiger partial charge in [-0.25, -0.2) is 0 Å². The Hall–Kier alpha value is -1.19. The van der Waals surface area contributed by atoms with E-state index in [4.69, 9.17) is 9.84 Å². The standard InChI is InChI=1S/C17H26O3/c1-5-16(19)14-9-13(12-20-8-6-7-18)10-15(11-14)17(2,3)4/h9-11,18H,5-8,12H2,1-4H3. The van der Waals surface area contributed by atoms with Crippen molar-refractivity contribution in [1.82, 2.24) is 0 Å². The first-order valence-corrected chi connectivity index (χ1v) is 7.24. The number of hydrogen-bond acceptors (Lipinski definition) is 3. The molecule has 0 bridgehead atoms. The van der Waals surface area contributed by atoms with Crippen LogP contribution < -0.4 is 0 Å². The molecular formula is C17H26O3. The Bertz CT molecular complexity index is 444. The number of rotatable bonds is 7. The van der Waals surface area contributed by atoms with Crippen LogP contribution in [0.4, 0.5) is 0 Å². The van der Waals surface area contributed by atoms with E-state index in [2.05, 4.69) is 26.8 Å². The molecule has 1 aromatic carbocycles.